The Morgan fingerprint density at radius 2 is 1.92 bits per heavy atom. The third kappa shape index (κ3) is 5.44. The minimum atomic E-state index is -4.57. The first kappa shape index (κ1) is 25.9. The maximum Gasteiger partial charge on any atom is 0.417 e. The van der Waals surface area contributed by atoms with E-state index in [-0.39, 0.29) is 35.0 Å². The second kappa shape index (κ2) is 10.6. The van der Waals surface area contributed by atoms with Crippen LogP contribution in [-0.2, 0) is 25.7 Å². The second-order valence-corrected chi connectivity index (χ2v) is 9.43. The van der Waals surface area contributed by atoms with E-state index < -0.39 is 17.8 Å². The lowest BCUT2D eigenvalue weighted by atomic mass is 10.0. The lowest BCUT2D eigenvalue weighted by Crippen LogP contribution is -2.34. The summed E-state index contributed by atoms with van der Waals surface area (Å²) in [5, 5.41) is 3.13. The van der Waals surface area contributed by atoms with E-state index in [1.54, 1.807) is 30.3 Å². The molecule has 1 aliphatic rings. The van der Waals surface area contributed by atoms with E-state index in [1.807, 2.05) is 17.1 Å². The Kier molecular flexibility index (Phi) is 7.23. The summed E-state index contributed by atoms with van der Waals surface area (Å²) in [7, 11) is 0. The van der Waals surface area contributed by atoms with Gasteiger partial charge in [0.1, 0.15) is 11.0 Å². The Bertz CT molecular complexity index is 1510. The Morgan fingerprint density at radius 3 is 2.66 bits per heavy atom. The van der Waals surface area contributed by atoms with Crippen LogP contribution in [0.5, 0.6) is 0 Å². The van der Waals surface area contributed by atoms with Crippen LogP contribution < -0.4 is 5.32 Å². The highest BCUT2D eigenvalue weighted by Gasteiger charge is 2.37. The number of aromatic nitrogens is 2. The van der Waals surface area contributed by atoms with Crippen molar-refractivity contribution >= 4 is 34.6 Å². The van der Waals surface area contributed by atoms with E-state index >= 15 is 0 Å². The molecule has 0 radical (unpaired) electrons. The van der Waals surface area contributed by atoms with E-state index in [0.29, 0.717) is 30.8 Å². The van der Waals surface area contributed by atoms with E-state index in [4.69, 9.17) is 11.6 Å². The molecule has 1 amide bonds. The number of carbonyl (C=O) groups excluding carboxylic acids is 1. The molecule has 2 aromatic heterocycles. The zero-order valence-corrected chi connectivity index (χ0v) is 20.9. The topological polar surface area (TPSA) is 50.2 Å². The van der Waals surface area contributed by atoms with Crippen LogP contribution in [0.4, 0.5) is 22.4 Å². The minimum Gasteiger partial charge on any atom is -0.333 e. The maximum atomic E-state index is 14.0. The average molecular weight is 543 g/mol. The first-order valence-corrected chi connectivity index (χ1v) is 12.3. The SMILES string of the molecule is O=C(NCc1ccnc(Cl)c1)n1c2c(c3c(C(F)(F)F)cccc31)CN(C/C=C/c1ccc(F)cc1)CC2. The van der Waals surface area contributed by atoms with Crippen LogP contribution in [0.3, 0.4) is 0 Å². The van der Waals surface area contributed by atoms with Gasteiger partial charge in [-0.15, -0.1) is 0 Å². The highest BCUT2D eigenvalue weighted by atomic mass is 35.5. The summed E-state index contributed by atoms with van der Waals surface area (Å²) in [6, 6.07) is 12.8. The molecule has 0 spiro atoms. The summed E-state index contributed by atoms with van der Waals surface area (Å²) < 4.78 is 56.6. The number of carbonyl (C=O) groups is 1. The largest absolute Gasteiger partial charge is 0.417 e. The Morgan fingerprint density at radius 1 is 1.13 bits per heavy atom. The maximum absolute atomic E-state index is 14.0. The number of fused-ring (bicyclic) bond motifs is 3. The molecule has 4 aromatic rings. The van der Waals surface area contributed by atoms with Crippen LogP contribution in [-0.4, -0.2) is 33.6 Å². The zero-order chi connectivity index (χ0) is 26.9. The second-order valence-electron chi connectivity index (χ2n) is 9.04. The Hall–Kier alpha value is -3.69. The number of hydrogen-bond acceptors (Lipinski definition) is 3. The highest BCUT2D eigenvalue weighted by Crippen LogP contribution is 2.40. The highest BCUT2D eigenvalue weighted by molar-refractivity contribution is 6.29. The molecule has 3 heterocycles. The molecule has 1 aliphatic heterocycles. The van der Waals surface area contributed by atoms with E-state index in [1.165, 1.54) is 29.0 Å². The summed E-state index contributed by atoms with van der Waals surface area (Å²) in [4.78, 5) is 19.3. The van der Waals surface area contributed by atoms with Crippen molar-refractivity contribution in [2.75, 3.05) is 13.1 Å². The van der Waals surface area contributed by atoms with E-state index in [2.05, 4.69) is 10.3 Å². The first-order chi connectivity index (χ1) is 18.2. The van der Waals surface area contributed by atoms with Gasteiger partial charge in [-0.05, 0) is 53.1 Å². The van der Waals surface area contributed by atoms with Crippen molar-refractivity contribution in [2.45, 2.75) is 25.7 Å². The summed E-state index contributed by atoms with van der Waals surface area (Å²) in [6.45, 7) is 1.46. The van der Waals surface area contributed by atoms with Gasteiger partial charge in [-0.25, -0.2) is 14.2 Å². The fourth-order valence-electron chi connectivity index (χ4n) is 4.81. The molecule has 0 aliphatic carbocycles. The van der Waals surface area contributed by atoms with E-state index in [9.17, 15) is 22.4 Å². The fraction of sp³-hybridized carbons (Fsp3) is 0.214. The molecule has 2 aromatic carbocycles. The van der Waals surface area contributed by atoms with Gasteiger partial charge in [-0.2, -0.15) is 13.2 Å². The fourth-order valence-corrected chi connectivity index (χ4v) is 5.01. The standard InChI is InChI=1S/C28H23ClF4N4O/c29-25-15-19(10-12-34-25)16-35-27(38)37-23-11-14-36(13-2-3-18-6-8-20(30)9-7-18)17-21(23)26-22(28(31,32)33)4-1-5-24(26)37/h1-10,12,15H,11,13-14,16-17H2,(H,35,38)/b3-2+. The number of hydrogen-bond donors (Lipinski definition) is 1. The van der Waals surface area contributed by atoms with Gasteiger partial charge in [0.25, 0.3) is 0 Å². The van der Waals surface area contributed by atoms with Crippen LogP contribution in [0.25, 0.3) is 17.0 Å². The van der Waals surface area contributed by atoms with Gasteiger partial charge in [-0.1, -0.05) is 42.0 Å². The third-order valence-electron chi connectivity index (χ3n) is 6.54. The van der Waals surface area contributed by atoms with Crippen LogP contribution in [0, 0.1) is 5.82 Å². The third-order valence-corrected chi connectivity index (χ3v) is 6.74. The normalized spacial score (nSPS) is 14.2. The molecule has 0 atom stereocenters. The molecule has 10 heteroatoms. The van der Waals surface area contributed by atoms with Crippen molar-refractivity contribution in [3.8, 4) is 0 Å². The monoisotopic (exact) mass is 542 g/mol. The zero-order valence-electron chi connectivity index (χ0n) is 20.1. The molecular formula is C28H23ClF4N4O. The quantitative estimate of drug-likeness (QED) is 0.226. The van der Waals surface area contributed by atoms with Crippen molar-refractivity contribution in [3.05, 3.63) is 106 Å². The molecule has 0 bridgehead atoms. The van der Waals surface area contributed by atoms with Gasteiger partial charge in [0, 0.05) is 49.9 Å². The van der Waals surface area contributed by atoms with Crippen LogP contribution in [0.15, 0.2) is 66.9 Å². The lowest BCUT2D eigenvalue weighted by molar-refractivity contribution is -0.136. The van der Waals surface area contributed by atoms with E-state index in [0.717, 1.165) is 17.2 Å². The molecule has 0 saturated carbocycles. The smallest absolute Gasteiger partial charge is 0.333 e. The lowest BCUT2D eigenvalue weighted by Gasteiger charge is -2.27. The number of alkyl halides is 3. The van der Waals surface area contributed by atoms with Gasteiger partial charge >= 0.3 is 12.2 Å². The molecule has 1 N–H and O–H groups in total. The first-order valence-electron chi connectivity index (χ1n) is 12.0. The molecule has 196 valence electrons. The molecule has 0 fully saturated rings. The predicted octanol–water partition coefficient (Wildman–Crippen LogP) is 6.68. The number of pyridine rings is 1. The molecule has 5 nitrogen and oxygen atoms in total. The van der Waals surface area contributed by atoms with Crippen molar-refractivity contribution in [2.24, 2.45) is 0 Å². The summed E-state index contributed by atoms with van der Waals surface area (Å²) in [6.07, 6.45) is 1.09. The van der Waals surface area contributed by atoms with Gasteiger partial charge in [0.15, 0.2) is 0 Å². The summed E-state index contributed by atoms with van der Waals surface area (Å²) in [5.74, 6) is -0.323. The Labute approximate surface area is 221 Å². The summed E-state index contributed by atoms with van der Waals surface area (Å²) in [5.41, 5.74) is 2.07. The van der Waals surface area contributed by atoms with Crippen molar-refractivity contribution in [1.82, 2.24) is 19.8 Å². The van der Waals surface area contributed by atoms with Crippen molar-refractivity contribution < 1.29 is 22.4 Å². The number of halogens is 5. The molecule has 0 unspecified atom stereocenters. The molecule has 38 heavy (non-hydrogen) atoms. The van der Waals surface area contributed by atoms with Crippen LogP contribution >= 0.6 is 11.6 Å². The molecular weight excluding hydrogens is 520 g/mol. The number of nitrogens with one attached hydrogen (secondary N) is 1. The van der Waals surface area contributed by atoms with Gasteiger partial charge < -0.3 is 5.32 Å². The predicted molar refractivity (Wildman–Crippen MR) is 138 cm³/mol. The minimum absolute atomic E-state index is 0.0457. The van der Waals surface area contributed by atoms with Crippen LogP contribution in [0.2, 0.25) is 5.15 Å². The van der Waals surface area contributed by atoms with Gasteiger partial charge in [0.05, 0.1) is 11.1 Å². The number of rotatable bonds is 5. The molecule has 0 saturated heterocycles. The van der Waals surface area contributed by atoms with Crippen molar-refractivity contribution in [3.63, 3.8) is 0 Å². The Balaban J connectivity index is 1.45. The van der Waals surface area contributed by atoms with Crippen molar-refractivity contribution in [1.29, 1.82) is 0 Å². The average Bonchev–Trinajstić information content (AvgIpc) is 3.22. The summed E-state index contributed by atoms with van der Waals surface area (Å²) >= 11 is 5.92. The van der Waals surface area contributed by atoms with Crippen LogP contribution in [0.1, 0.15) is 27.9 Å². The number of benzene rings is 2. The van der Waals surface area contributed by atoms with Gasteiger partial charge in [0.2, 0.25) is 0 Å². The van der Waals surface area contributed by atoms with Gasteiger partial charge in [-0.3, -0.25) is 9.47 Å². The number of amides is 1. The molecule has 5 rings (SSSR count). The number of nitrogens with zero attached hydrogens (tertiary/aromatic N) is 3.